The lowest BCUT2D eigenvalue weighted by Crippen LogP contribution is -2.31. The first-order valence-electron chi connectivity index (χ1n) is 7.58. The summed E-state index contributed by atoms with van der Waals surface area (Å²) in [6.45, 7) is 2.42. The number of carbonyl (C=O) groups excluding carboxylic acids is 3. The molecular formula is C18H16N2O4. The summed E-state index contributed by atoms with van der Waals surface area (Å²) >= 11 is 0. The second-order valence-corrected chi connectivity index (χ2v) is 5.29. The number of para-hydroxylation sites is 1. The Labute approximate surface area is 138 Å². The van der Waals surface area contributed by atoms with Crippen LogP contribution in [0.4, 0.5) is 11.4 Å². The monoisotopic (exact) mass is 324 g/mol. The van der Waals surface area contributed by atoms with Gasteiger partial charge in [-0.2, -0.15) is 0 Å². The molecule has 0 spiro atoms. The Morgan fingerprint density at radius 2 is 1.83 bits per heavy atom. The van der Waals surface area contributed by atoms with Crippen LogP contribution >= 0.6 is 0 Å². The average Bonchev–Trinajstić information content (AvgIpc) is 2.92. The smallest absolute Gasteiger partial charge is 0.292 e. The predicted octanol–water partition coefficient (Wildman–Crippen LogP) is 2.33. The van der Waals surface area contributed by atoms with Gasteiger partial charge < -0.3 is 15.4 Å². The molecular weight excluding hydrogens is 308 g/mol. The molecule has 1 aliphatic heterocycles. The van der Waals surface area contributed by atoms with Crippen molar-refractivity contribution in [3.8, 4) is 5.75 Å². The van der Waals surface area contributed by atoms with Crippen molar-refractivity contribution in [2.45, 2.75) is 12.8 Å². The van der Waals surface area contributed by atoms with Gasteiger partial charge in [0.15, 0.2) is 0 Å². The topological polar surface area (TPSA) is 84.5 Å². The summed E-state index contributed by atoms with van der Waals surface area (Å²) in [7, 11) is 0. The van der Waals surface area contributed by atoms with Crippen molar-refractivity contribution in [1.29, 1.82) is 0 Å². The van der Waals surface area contributed by atoms with Gasteiger partial charge >= 0.3 is 0 Å². The third-order valence-corrected chi connectivity index (χ3v) is 3.70. The van der Waals surface area contributed by atoms with E-state index in [2.05, 4.69) is 10.6 Å². The number of ketones is 1. The number of rotatable bonds is 5. The van der Waals surface area contributed by atoms with Gasteiger partial charge in [0.1, 0.15) is 11.7 Å². The van der Waals surface area contributed by atoms with Gasteiger partial charge in [-0.3, -0.25) is 14.4 Å². The molecule has 122 valence electrons. The molecule has 0 saturated heterocycles. The lowest BCUT2D eigenvalue weighted by Gasteiger charge is -2.09. The number of hydrogen-bond donors (Lipinski definition) is 2. The van der Waals surface area contributed by atoms with Crippen LogP contribution < -0.4 is 15.4 Å². The van der Waals surface area contributed by atoms with E-state index in [1.54, 1.807) is 48.5 Å². The van der Waals surface area contributed by atoms with Crippen LogP contribution in [-0.4, -0.2) is 24.2 Å². The summed E-state index contributed by atoms with van der Waals surface area (Å²) in [5.74, 6) is -2.53. The Morgan fingerprint density at radius 3 is 2.54 bits per heavy atom. The van der Waals surface area contributed by atoms with E-state index in [0.29, 0.717) is 29.3 Å². The number of anilines is 2. The fraction of sp³-hybridized carbons (Fsp3) is 0.167. The first-order valence-corrected chi connectivity index (χ1v) is 7.58. The summed E-state index contributed by atoms with van der Waals surface area (Å²) in [6.07, 6.45) is 0. The third kappa shape index (κ3) is 2.99. The molecule has 0 fully saturated rings. The van der Waals surface area contributed by atoms with Crippen LogP contribution in [0.1, 0.15) is 18.4 Å². The summed E-state index contributed by atoms with van der Waals surface area (Å²) < 4.78 is 5.32. The average molecular weight is 324 g/mol. The highest BCUT2D eigenvalue weighted by atomic mass is 16.5. The van der Waals surface area contributed by atoms with E-state index in [9.17, 15) is 14.4 Å². The molecule has 1 heterocycles. The molecule has 0 aromatic heterocycles. The van der Waals surface area contributed by atoms with Crippen molar-refractivity contribution in [2.24, 2.45) is 0 Å². The van der Waals surface area contributed by atoms with Gasteiger partial charge in [-0.05, 0) is 42.8 Å². The Hall–Kier alpha value is -3.15. The predicted molar refractivity (Wildman–Crippen MR) is 89.1 cm³/mol. The summed E-state index contributed by atoms with van der Waals surface area (Å²) in [4.78, 5) is 36.6. The van der Waals surface area contributed by atoms with Crippen LogP contribution in [0.2, 0.25) is 0 Å². The molecule has 1 atom stereocenters. The molecule has 1 aliphatic rings. The minimum atomic E-state index is -1.11. The molecule has 0 radical (unpaired) electrons. The molecule has 2 aromatic rings. The molecule has 0 saturated carbocycles. The number of nitrogens with one attached hydrogen (secondary N) is 2. The molecule has 2 amide bonds. The number of benzene rings is 2. The largest absolute Gasteiger partial charge is 0.494 e. The maximum Gasteiger partial charge on any atom is 0.292 e. The minimum absolute atomic E-state index is 0.462. The van der Waals surface area contributed by atoms with E-state index in [0.717, 1.165) is 0 Å². The van der Waals surface area contributed by atoms with E-state index >= 15 is 0 Å². The van der Waals surface area contributed by atoms with Gasteiger partial charge in [0.05, 0.1) is 6.61 Å². The van der Waals surface area contributed by atoms with Crippen LogP contribution in [0.25, 0.3) is 0 Å². The zero-order valence-electron chi connectivity index (χ0n) is 13.0. The molecule has 0 bridgehead atoms. The zero-order valence-corrected chi connectivity index (χ0v) is 13.0. The number of Topliss-reactive ketones (excluding diaryl/α,β-unsaturated/α-hetero) is 1. The number of hydrogen-bond acceptors (Lipinski definition) is 4. The Bertz CT molecular complexity index is 799. The maximum absolute atomic E-state index is 12.4. The van der Waals surface area contributed by atoms with Crippen molar-refractivity contribution in [3.63, 3.8) is 0 Å². The molecule has 0 unspecified atom stereocenters. The third-order valence-electron chi connectivity index (χ3n) is 3.70. The summed E-state index contributed by atoms with van der Waals surface area (Å²) in [5.41, 5.74) is 1.55. The van der Waals surface area contributed by atoms with E-state index in [1.807, 2.05) is 6.92 Å². The SMILES string of the molecule is CCOc1ccc(NC(=O)C(=O)[C@H]2C(=O)Nc3ccccc32)cc1. The van der Waals surface area contributed by atoms with Crippen LogP contribution in [-0.2, 0) is 14.4 Å². The standard InChI is InChI=1S/C18H16N2O4/c1-2-24-12-9-7-11(8-10-12)19-18(23)16(21)15-13-5-3-4-6-14(13)20-17(15)22/h3-10,15H,2H2,1H3,(H,19,23)(H,20,22)/t15-/m0/s1. The van der Waals surface area contributed by atoms with Crippen LogP contribution in [0.3, 0.4) is 0 Å². The molecule has 2 aromatic carbocycles. The summed E-state index contributed by atoms with van der Waals surface area (Å²) in [5, 5.41) is 5.13. The van der Waals surface area contributed by atoms with Crippen molar-refractivity contribution < 1.29 is 19.1 Å². The van der Waals surface area contributed by atoms with E-state index in [1.165, 1.54) is 0 Å². The van der Waals surface area contributed by atoms with Crippen molar-refractivity contribution in [2.75, 3.05) is 17.2 Å². The highest BCUT2D eigenvalue weighted by Gasteiger charge is 2.39. The number of carbonyl (C=O) groups is 3. The van der Waals surface area contributed by atoms with Crippen molar-refractivity contribution >= 4 is 29.0 Å². The quantitative estimate of drug-likeness (QED) is 0.653. The van der Waals surface area contributed by atoms with E-state index in [4.69, 9.17) is 4.74 Å². The number of ether oxygens (including phenoxy) is 1. The highest BCUT2D eigenvalue weighted by molar-refractivity contribution is 6.47. The van der Waals surface area contributed by atoms with Gasteiger partial charge in [-0.15, -0.1) is 0 Å². The highest BCUT2D eigenvalue weighted by Crippen LogP contribution is 2.32. The second kappa shape index (κ2) is 6.54. The first-order chi connectivity index (χ1) is 11.6. The van der Waals surface area contributed by atoms with Gasteiger partial charge in [0.25, 0.3) is 5.91 Å². The lowest BCUT2D eigenvalue weighted by atomic mass is 9.95. The van der Waals surface area contributed by atoms with Gasteiger partial charge in [-0.1, -0.05) is 18.2 Å². The van der Waals surface area contributed by atoms with Gasteiger partial charge in [0, 0.05) is 11.4 Å². The molecule has 24 heavy (non-hydrogen) atoms. The Morgan fingerprint density at radius 1 is 1.12 bits per heavy atom. The molecule has 2 N–H and O–H groups in total. The van der Waals surface area contributed by atoms with Crippen molar-refractivity contribution in [1.82, 2.24) is 0 Å². The zero-order chi connectivity index (χ0) is 17.1. The summed E-state index contributed by atoms with van der Waals surface area (Å²) in [6, 6.07) is 13.5. The van der Waals surface area contributed by atoms with Crippen LogP contribution in [0, 0.1) is 0 Å². The maximum atomic E-state index is 12.4. The van der Waals surface area contributed by atoms with Crippen LogP contribution in [0.15, 0.2) is 48.5 Å². The Kier molecular flexibility index (Phi) is 4.29. The fourth-order valence-corrected chi connectivity index (χ4v) is 2.59. The number of fused-ring (bicyclic) bond motifs is 1. The van der Waals surface area contributed by atoms with Crippen LogP contribution in [0.5, 0.6) is 5.75 Å². The molecule has 0 aliphatic carbocycles. The van der Waals surface area contributed by atoms with E-state index < -0.39 is 23.5 Å². The molecule has 3 rings (SSSR count). The molecule has 6 heteroatoms. The Balaban J connectivity index is 1.73. The number of amides is 2. The van der Waals surface area contributed by atoms with E-state index in [-0.39, 0.29) is 0 Å². The van der Waals surface area contributed by atoms with Crippen molar-refractivity contribution in [3.05, 3.63) is 54.1 Å². The minimum Gasteiger partial charge on any atom is -0.494 e. The second-order valence-electron chi connectivity index (χ2n) is 5.29. The van der Waals surface area contributed by atoms with Gasteiger partial charge in [-0.25, -0.2) is 0 Å². The molecule has 6 nitrogen and oxygen atoms in total. The normalized spacial score (nSPS) is 15.4. The lowest BCUT2D eigenvalue weighted by molar-refractivity contribution is -0.138. The van der Waals surface area contributed by atoms with Gasteiger partial charge in [0.2, 0.25) is 11.7 Å². The fourth-order valence-electron chi connectivity index (χ4n) is 2.59. The first kappa shape index (κ1) is 15.7.